The fourth-order valence-corrected chi connectivity index (χ4v) is 6.03. The first kappa shape index (κ1) is 22.6. The van der Waals surface area contributed by atoms with Gasteiger partial charge in [0, 0.05) is 36.2 Å². The Balaban J connectivity index is 1.37. The normalized spacial score (nSPS) is 20.4. The van der Waals surface area contributed by atoms with Crippen LogP contribution in [-0.2, 0) is 11.2 Å². The molecule has 1 amide bonds. The van der Waals surface area contributed by atoms with Crippen molar-refractivity contribution < 1.29 is 4.79 Å². The molecule has 3 N–H and O–H groups in total. The van der Waals surface area contributed by atoms with E-state index in [1.165, 1.54) is 32.1 Å². The predicted octanol–water partition coefficient (Wildman–Crippen LogP) is 4.97. The molecule has 2 aliphatic rings. The average molecular weight is 461 g/mol. The van der Waals surface area contributed by atoms with Gasteiger partial charge in [-0.2, -0.15) is 0 Å². The summed E-state index contributed by atoms with van der Waals surface area (Å²) < 4.78 is 0. The summed E-state index contributed by atoms with van der Waals surface area (Å²) in [7, 11) is 0. The van der Waals surface area contributed by atoms with Crippen molar-refractivity contribution in [2.75, 3.05) is 25.0 Å². The quantitative estimate of drug-likeness (QED) is 0.612. The summed E-state index contributed by atoms with van der Waals surface area (Å²) in [6, 6.07) is 7.09. The largest absolute Gasteiger partial charge is 0.361 e. The molecule has 1 unspecified atom stereocenters. The first-order chi connectivity index (χ1) is 15.1. The van der Waals surface area contributed by atoms with Crippen LogP contribution in [0, 0.1) is 11.3 Å². The smallest absolute Gasteiger partial charge is 0.239 e. The number of halogens is 1. The molecular formula is C24H33ClN4OS. The molecule has 0 spiro atoms. The van der Waals surface area contributed by atoms with Crippen LogP contribution in [0.3, 0.4) is 0 Å². The summed E-state index contributed by atoms with van der Waals surface area (Å²) in [6.07, 6.45) is 11.1. The molecule has 0 bridgehead atoms. The van der Waals surface area contributed by atoms with Crippen LogP contribution >= 0.6 is 22.9 Å². The molecule has 1 aliphatic heterocycles. The number of benzene rings is 1. The van der Waals surface area contributed by atoms with E-state index >= 15 is 0 Å². The van der Waals surface area contributed by atoms with Crippen molar-refractivity contribution in [3.8, 4) is 0 Å². The summed E-state index contributed by atoms with van der Waals surface area (Å²) in [5, 5.41) is 7.32. The summed E-state index contributed by atoms with van der Waals surface area (Å²) >= 11 is 7.62. The Hall–Kier alpha value is -1.63. The lowest BCUT2D eigenvalue weighted by Gasteiger charge is -2.48. The summed E-state index contributed by atoms with van der Waals surface area (Å²) in [5.41, 5.74) is 7.59. The van der Waals surface area contributed by atoms with Crippen molar-refractivity contribution in [3.05, 3.63) is 46.4 Å². The number of nitrogens with one attached hydrogen (secondary N) is 1. The second-order valence-corrected chi connectivity index (χ2v) is 10.5. The molecule has 1 aromatic heterocycles. The Morgan fingerprint density at radius 2 is 1.94 bits per heavy atom. The van der Waals surface area contributed by atoms with Crippen LogP contribution in [0.15, 0.2) is 35.8 Å². The van der Waals surface area contributed by atoms with Gasteiger partial charge in [0.2, 0.25) is 5.91 Å². The van der Waals surface area contributed by atoms with Crippen molar-refractivity contribution in [1.82, 2.24) is 9.88 Å². The van der Waals surface area contributed by atoms with E-state index in [2.05, 4.69) is 10.3 Å². The standard InChI is InChI=1S/C24H33ClN4OS/c25-20-8-6-18(7-9-20)16-21(26)22(30)29-13-10-24(11-14-29,19-4-2-1-3-5-19)17-28-23-27-12-15-31-23/h6-9,12,15,19,21H,1-5,10-11,13-14,16-17,26H2,(H,27,28). The van der Waals surface area contributed by atoms with Gasteiger partial charge in [-0.25, -0.2) is 4.98 Å². The Morgan fingerprint density at radius 3 is 2.58 bits per heavy atom. The van der Waals surface area contributed by atoms with Gasteiger partial charge in [0.15, 0.2) is 5.13 Å². The fourth-order valence-electron chi connectivity index (χ4n) is 5.38. The zero-order valence-corrected chi connectivity index (χ0v) is 19.6. The minimum Gasteiger partial charge on any atom is -0.361 e. The number of likely N-dealkylation sites (tertiary alicyclic amines) is 1. The second-order valence-electron chi connectivity index (χ2n) is 9.15. The number of carbonyl (C=O) groups excluding carboxylic acids is 1. The Labute approximate surface area is 194 Å². The number of piperidine rings is 1. The topological polar surface area (TPSA) is 71.2 Å². The number of aromatic nitrogens is 1. The molecule has 1 atom stereocenters. The van der Waals surface area contributed by atoms with E-state index in [0.29, 0.717) is 11.4 Å². The molecule has 0 radical (unpaired) electrons. The maximum Gasteiger partial charge on any atom is 0.239 e. The number of anilines is 1. The Kier molecular flexibility index (Phi) is 7.51. The van der Waals surface area contributed by atoms with Gasteiger partial charge in [-0.3, -0.25) is 4.79 Å². The SMILES string of the molecule is NC(Cc1ccc(Cl)cc1)C(=O)N1CCC(CNc2nccs2)(C2CCCCC2)CC1. The molecule has 1 saturated carbocycles. The number of hydrogen-bond acceptors (Lipinski definition) is 5. The van der Waals surface area contributed by atoms with Gasteiger partial charge in [0.25, 0.3) is 0 Å². The summed E-state index contributed by atoms with van der Waals surface area (Å²) in [4.78, 5) is 19.4. The number of amides is 1. The third kappa shape index (κ3) is 5.60. The van der Waals surface area contributed by atoms with E-state index in [-0.39, 0.29) is 11.3 Å². The minimum atomic E-state index is -0.503. The van der Waals surface area contributed by atoms with Crippen LogP contribution in [0.25, 0.3) is 0 Å². The molecular weight excluding hydrogens is 428 g/mol. The van der Waals surface area contributed by atoms with Gasteiger partial charge in [0.05, 0.1) is 6.04 Å². The third-order valence-corrected chi connectivity index (χ3v) is 8.23. The van der Waals surface area contributed by atoms with Crippen LogP contribution in [0.1, 0.15) is 50.5 Å². The van der Waals surface area contributed by atoms with Gasteiger partial charge in [-0.05, 0) is 61.1 Å². The maximum absolute atomic E-state index is 13.1. The van der Waals surface area contributed by atoms with Crippen LogP contribution in [0.2, 0.25) is 5.02 Å². The Morgan fingerprint density at radius 1 is 1.23 bits per heavy atom. The molecule has 168 valence electrons. The van der Waals surface area contributed by atoms with Crippen molar-refractivity contribution >= 4 is 34.0 Å². The minimum absolute atomic E-state index is 0.0695. The molecule has 2 fully saturated rings. The molecule has 1 saturated heterocycles. The lowest BCUT2D eigenvalue weighted by Crippen LogP contribution is -2.53. The van der Waals surface area contributed by atoms with Gasteiger partial charge >= 0.3 is 0 Å². The summed E-state index contributed by atoms with van der Waals surface area (Å²) in [6.45, 7) is 2.54. The van der Waals surface area contributed by atoms with E-state index in [4.69, 9.17) is 17.3 Å². The lowest BCUT2D eigenvalue weighted by molar-refractivity contribution is -0.135. The lowest BCUT2D eigenvalue weighted by atomic mass is 9.63. The van der Waals surface area contributed by atoms with Crippen LogP contribution < -0.4 is 11.1 Å². The van der Waals surface area contributed by atoms with Gasteiger partial charge in [-0.1, -0.05) is 43.0 Å². The zero-order chi connectivity index (χ0) is 21.7. The molecule has 7 heteroatoms. The molecule has 5 nitrogen and oxygen atoms in total. The van der Waals surface area contributed by atoms with E-state index < -0.39 is 6.04 Å². The highest BCUT2D eigenvalue weighted by atomic mass is 35.5. The number of hydrogen-bond donors (Lipinski definition) is 2. The van der Waals surface area contributed by atoms with E-state index in [1.807, 2.05) is 40.7 Å². The number of nitrogens with zero attached hydrogens (tertiary/aromatic N) is 2. The number of nitrogens with two attached hydrogens (primary N) is 1. The van der Waals surface area contributed by atoms with Crippen molar-refractivity contribution in [1.29, 1.82) is 0 Å². The number of rotatable bonds is 7. The highest BCUT2D eigenvalue weighted by molar-refractivity contribution is 7.13. The highest BCUT2D eigenvalue weighted by Gasteiger charge is 2.42. The van der Waals surface area contributed by atoms with Crippen molar-refractivity contribution in [2.24, 2.45) is 17.1 Å². The predicted molar refractivity (Wildman–Crippen MR) is 129 cm³/mol. The average Bonchev–Trinajstić information content (AvgIpc) is 3.33. The van der Waals surface area contributed by atoms with Crippen LogP contribution in [0.4, 0.5) is 5.13 Å². The Bertz CT molecular complexity index is 828. The monoisotopic (exact) mass is 460 g/mol. The van der Waals surface area contributed by atoms with Crippen molar-refractivity contribution in [3.63, 3.8) is 0 Å². The van der Waals surface area contributed by atoms with E-state index in [0.717, 1.165) is 49.1 Å². The zero-order valence-electron chi connectivity index (χ0n) is 18.1. The molecule has 4 rings (SSSR count). The fraction of sp³-hybridized carbons (Fsp3) is 0.583. The molecule has 31 heavy (non-hydrogen) atoms. The van der Waals surface area contributed by atoms with Crippen LogP contribution in [-0.4, -0.2) is 41.5 Å². The highest BCUT2D eigenvalue weighted by Crippen LogP contribution is 2.46. The number of thiazole rings is 1. The first-order valence-corrected chi connectivity index (χ1v) is 12.7. The second kappa shape index (κ2) is 10.3. The van der Waals surface area contributed by atoms with Gasteiger partial charge < -0.3 is 16.0 Å². The summed E-state index contributed by atoms with van der Waals surface area (Å²) in [5.74, 6) is 0.800. The first-order valence-electron chi connectivity index (χ1n) is 11.5. The molecule has 2 aromatic rings. The molecule has 1 aromatic carbocycles. The number of carbonyl (C=O) groups is 1. The molecule has 1 aliphatic carbocycles. The van der Waals surface area contributed by atoms with E-state index in [1.54, 1.807) is 11.3 Å². The maximum atomic E-state index is 13.1. The third-order valence-electron chi connectivity index (χ3n) is 7.25. The van der Waals surface area contributed by atoms with Gasteiger partial charge in [0.1, 0.15) is 0 Å². The van der Waals surface area contributed by atoms with Crippen molar-refractivity contribution in [2.45, 2.75) is 57.4 Å². The van der Waals surface area contributed by atoms with E-state index in [9.17, 15) is 4.79 Å². The van der Waals surface area contributed by atoms with Gasteiger partial charge in [-0.15, -0.1) is 11.3 Å². The molecule has 2 heterocycles. The van der Waals surface area contributed by atoms with Crippen LogP contribution in [0.5, 0.6) is 0 Å².